The average Bonchev–Trinajstić information content (AvgIpc) is 2.47. The number of aromatic nitrogens is 2. The molecule has 3 heterocycles. The molecule has 2 aliphatic rings. The van der Waals surface area contributed by atoms with E-state index in [0.717, 1.165) is 41.9 Å². The number of ether oxygens (including phenoxy) is 2. The highest BCUT2D eigenvalue weighted by Gasteiger charge is 2.37. The van der Waals surface area contributed by atoms with Crippen molar-refractivity contribution < 1.29 is 9.47 Å². The van der Waals surface area contributed by atoms with E-state index in [1.165, 1.54) is 0 Å². The van der Waals surface area contributed by atoms with Gasteiger partial charge in [0.1, 0.15) is 12.4 Å². The molecule has 0 spiro atoms. The van der Waals surface area contributed by atoms with Gasteiger partial charge in [-0.15, -0.1) is 0 Å². The van der Waals surface area contributed by atoms with Crippen LogP contribution in [0, 0.1) is 0 Å². The van der Waals surface area contributed by atoms with Gasteiger partial charge in [0.25, 0.3) is 0 Å². The van der Waals surface area contributed by atoms with E-state index in [1.807, 2.05) is 0 Å². The van der Waals surface area contributed by atoms with Crippen LogP contribution in [-0.2, 0) is 16.9 Å². The van der Waals surface area contributed by atoms with Crippen molar-refractivity contribution in [2.75, 3.05) is 31.0 Å². The second kappa shape index (κ2) is 5.77. The van der Waals surface area contributed by atoms with Crippen LogP contribution in [0.4, 0.5) is 5.82 Å². The Labute approximate surface area is 124 Å². The van der Waals surface area contributed by atoms with Crippen LogP contribution < -0.4 is 9.64 Å². The summed E-state index contributed by atoms with van der Waals surface area (Å²) in [6.45, 7) is 6.40. The summed E-state index contributed by atoms with van der Waals surface area (Å²) in [6.07, 6.45) is 2.93. The molecular formula is C14H21N3O2S. The van der Waals surface area contributed by atoms with Crippen LogP contribution >= 0.6 is 11.8 Å². The number of nitrogens with zero attached hydrogens (tertiary/aromatic N) is 3. The molecule has 0 amide bonds. The van der Waals surface area contributed by atoms with Crippen molar-refractivity contribution in [2.24, 2.45) is 0 Å². The molecule has 0 saturated carbocycles. The number of aryl methyl sites for hydroxylation is 1. The molecule has 110 valence electrons. The molecule has 0 bridgehead atoms. The largest absolute Gasteiger partial charge is 0.486 e. The van der Waals surface area contributed by atoms with E-state index in [4.69, 9.17) is 14.5 Å². The third-order valence-corrected chi connectivity index (χ3v) is 4.33. The molecule has 0 aliphatic carbocycles. The minimum Gasteiger partial charge on any atom is -0.486 e. The van der Waals surface area contributed by atoms with Crippen LogP contribution in [0.2, 0.25) is 0 Å². The summed E-state index contributed by atoms with van der Waals surface area (Å²) in [5, 5.41) is 0. The molecule has 6 heteroatoms. The maximum Gasteiger partial charge on any atom is 0.184 e. The van der Waals surface area contributed by atoms with E-state index in [-0.39, 0.29) is 6.04 Å². The summed E-state index contributed by atoms with van der Waals surface area (Å²) in [4.78, 5) is 11.7. The second-order valence-electron chi connectivity index (χ2n) is 5.28. The van der Waals surface area contributed by atoms with Gasteiger partial charge >= 0.3 is 0 Å². The Bertz CT molecular complexity index is 498. The Morgan fingerprint density at radius 3 is 2.90 bits per heavy atom. The Balaban J connectivity index is 2.06. The van der Waals surface area contributed by atoms with E-state index in [0.29, 0.717) is 19.3 Å². The van der Waals surface area contributed by atoms with E-state index in [9.17, 15) is 0 Å². The molecule has 0 radical (unpaired) electrons. The first kappa shape index (κ1) is 13.9. The summed E-state index contributed by atoms with van der Waals surface area (Å²) < 4.78 is 11.6. The zero-order valence-electron chi connectivity index (χ0n) is 12.3. The van der Waals surface area contributed by atoms with Crippen LogP contribution in [0.1, 0.15) is 25.4 Å². The zero-order valence-corrected chi connectivity index (χ0v) is 13.1. The minimum atomic E-state index is 0.271. The highest BCUT2D eigenvalue weighted by molar-refractivity contribution is 7.97. The molecule has 0 aromatic carbocycles. The van der Waals surface area contributed by atoms with Gasteiger partial charge in [0.05, 0.1) is 31.0 Å². The number of hydrogen-bond donors (Lipinski definition) is 0. The highest BCUT2D eigenvalue weighted by Crippen LogP contribution is 2.38. The third kappa shape index (κ3) is 2.35. The standard InChI is InChI=1S/C14H21N3O2S/c1-4-12-15-11(8-20-3)13-14(16-12)17-9(2)5-18-6-10(17)7-19-13/h9-10H,4-8H2,1-3H3/t9-,10+/m1/s1. The van der Waals surface area contributed by atoms with Gasteiger partial charge in [0, 0.05) is 12.2 Å². The number of anilines is 1. The van der Waals surface area contributed by atoms with Crippen molar-refractivity contribution in [3.63, 3.8) is 0 Å². The minimum absolute atomic E-state index is 0.271. The van der Waals surface area contributed by atoms with Crippen molar-refractivity contribution in [3.8, 4) is 5.75 Å². The normalized spacial score (nSPS) is 24.9. The molecule has 3 rings (SSSR count). The fourth-order valence-electron chi connectivity index (χ4n) is 2.83. The van der Waals surface area contributed by atoms with Gasteiger partial charge in [0.15, 0.2) is 11.6 Å². The van der Waals surface area contributed by atoms with Crippen molar-refractivity contribution in [1.29, 1.82) is 0 Å². The molecule has 0 unspecified atom stereocenters. The van der Waals surface area contributed by atoms with Gasteiger partial charge in [-0.3, -0.25) is 0 Å². The van der Waals surface area contributed by atoms with Crippen molar-refractivity contribution in [3.05, 3.63) is 11.5 Å². The third-order valence-electron chi connectivity index (χ3n) is 3.76. The quantitative estimate of drug-likeness (QED) is 0.848. The summed E-state index contributed by atoms with van der Waals surface area (Å²) in [7, 11) is 0. The molecule has 2 atom stereocenters. The topological polar surface area (TPSA) is 47.5 Å². The smallest absolute Gasteiger partial charge is 0.184 e. The summed E-state index contributed by atoms with van der Waals surface area (Å²) in [6, 6.07) is 0.603. The maximum atomic E-state index is 5.96. The van der Waals surface area contributed by atoms with Gasteiger partial charge in [0.2, 0.25) is 0 Å². The molecule has 1 fully saturated rings. The van der Waals surface area contributed by atoms with Crippen LogP contribution in [0.15, 0.2) is 0 Å². The molecule has 1 aromatic rings. The lowest BCUT2D eigenvalue weighted by Gasteiger charge is -2.44. The van der Waals surface area contributed by atoms with Gasteiger partial charge in [-0.2, -0.15) is 11.8 Å². The van der Waals surface area contributed by atoms with Crippen LogP contribution in [0.3, 0.4) is 0 Å². The number of rotatable bonds is 3. The molecule has 0 N–H and O–H groups in total. The predicted molar refractivity (Wildman–Crippen MR) is 80.7 cm³/mol. The number of morpholine rings is 1. The molecule has 5 nitrogen and oxygen atoms in total. The number of fused-ring (bicyclic) bond motifs is 3. The fraction of sp³-hybridized carbons (Fsp3) is 0.714. The van der Waals surface area contributed by atoms with E-state index >= 15 is 0 Å². The monoisotopic (exact) mass is 295 g/mol. The molecular weight excluding hydrogens is 274 g/mol. The predicted octanol–water partition coefficient (Wildman–Crippen LogP) is 1.89. The van der Waals surface area contributed by atoms with Crippen LogP contribution in [0.25, 0.3) is 0 Å². The summed E-state index contributed by atoms with van der Waals surface area (Å²) >= 11 is 1.76. The van der Waals surface area contributed by atoms with Crippen molar-refractivity contribution in [1.82, 2.24) is 9.97 Å². The van der Waals surface area contributed by atoms with E-state index < -0.39 is 0 Å². The van der Waals surface area contributed by atoms with E-state index in [1.54, 1.807) is 11.8 Å². The molecule has 1 saturated heterocycles. The zero-order chi connectivity index (χ0) is 14.1. The lowest BCUT2D eigenvalue weighted by molar-refractivity contribution is 0.0483. The van der Waals surface area contributed by atoms with E-state index in [2.05, 4.69) is 30.0 Å². The SMILES string of the molecule is CCc1nc(CSC)c2c(n1)N1[C@@H](COC[C@H]1C)CO2. The first-order valence-electron chi connectivity index (χ1n) is 7.12. The summed E-state index contributed by atoms with van der Waals surface area (Å²) in [5.74, 6) is 3.60. The lowest BCUT2D eigenvalue weighted by Crippen LogP contribution is -2.56. The van der Waals surface area contributed by atoms with Gasteiger partial charge < -0.3 is 14.4 Å². The lowest BCUT2D eigenvalue weighted by atomic mass is 10.1. The Kier molecular flexibility index (Phi) is 4.03. The first-order chi connectivity index (χ1) is 9.74. The van der Waals surface area contributed by atoms with Crippen molar-refractivity contribution in [2.45, 2.75) is 38.1 Å². The molecule has 20 heavy (non-hydrogen) atoms. The van der Waals surface area contributed by atoms with Gasteiger partial charge in [-0.05, 0) is 13.2 Å². The molecule has 2 aliphatic heterocycles. The van der Waals surface area contributed by atoms with Crippen LogP contribution in [0.5, 0.6) is 5.75 Å². The average molecular weight is 295 g/mol. The fourth-order valence-corrected chi connectivity index (χ4v) is 3.30. The van der Waals surface area contributed by atoms with Gasteiger partial charge in [-0.25, -0.2) is 9.97 Å². The second-order valence-corrected chi connectivity index (χ2v) is 6.15. The first-order valence-corrected chi connectivity index (χ1v) is 8.51. The Hall–Kier alpha value is -1.01. The maximum absolute atomic E-state index is 5.96. The van der Waals surface area contributed by atoms with Gasteiger partial charge in [-0.1, -0.05) is 6.92 Å². The molecule has 1 aromatic heterocycles. The Morgan fingerprint density at radius 2 is 2.15 bits per heavy atom. The number of hydrogen-bond acceptors (Lipinski definition) is 6. The van der Waals surface area contributed by atoms with Crippen molar-refractivity contribution >= 4 is 17.6 Å². The van der Waals surface area contributed by atoms with Crippen LogP contribution in [-0.4, -0.2) is 48.1 Å². The summed E-state index contributed by atoms with van der Waals surface area (Å²) in [5.41, 5.74) is 1.02. The Morgan fingerprint density at radius 1 is 1.30 bits per heavy atom. The number of thioether (sulfide) groups is 1. The highest BCUT2D eigenvalue weighted by atomic mass is 32.2.